The Morgan fingerprint density at radius 2 is 2.13 bits per heavy atom. The number of non-ortho nitro benzene ring substituents is 1. The summed E-state index contributed by atoms with van der Waals surface area (Å²) in [5, 5.41) is 10.8. The Labute approximate surface area is 173 Å². The molecule has 3 rings (SSSR count). The second kappa shape index (κ2) is 9.51. The number of aromatic nitrogens is 1. The lowest BCUT2D eigenvalue weighted by Gasteiger charge is -2.06. The fraction of sp³-hybridized carbons (Fsp3) is 0.200. The van der Waals surface area contributed by atoms with E-state index in [4.69, 9.17) is 4.74 Å². The molecule has 0 saturated carbocycles. The van der Waals surface area contributed by atoms with Crippen molar-refractivity contribution in [3.8, 4) is 0 Å². The van der Waals surface area contributed by atoms with Crippen molar-refractivity contribution in [2.75, 3.05) is 13.2 Å². The molecule has 0 radical (unpaired) electrons. The van der Waals surface area contributed by atoms with Gasteiger partial charge in [-0.1, -0.05) is 23.5 Å². The van der Waals surface area contributed by atoms with E-state index in [9.17, 15) is 23.7 Å². The largest absolute Gasteiger partial charge is 0.380 e. The molecule has 0 aliphatic heterocycles. The maximum Gasteiger partial charge on any atom is 0.272 e. The second-order valence-electron chi connectivity index (χ2n) is 6.10. The summed E-state index contributed by atoms with van der Waals surface area (Å²) in [6.07, 6.45) is 2.56. The normalized spacial score (nSPS) is 12.2. The van der Waals surface area contributed by atoms with Crippen LogP contribution >= 0.6 is 11.3 Å². The lowest BCUT2D eigenvalue weighted by molar-refractivity contribution is -0.384. The molecule has 0 unspecified atom stereocenters. The highest BCUT2D eigenvalue weighted by atomic mass is 32.1. The Balaban J connectivity index is 1.96. The molecule has 0 N–H and O–H groups in total. The van der Waals surface area contributed by atoms with Crippen LogP contribution in [0.1, 0.15) is 12.5 Å². The van der Waals surface area contributed by atoms with E-state index >= 15 is 0 Å². The van der Waals surface area contributed by atoms with Gasteiger partial charge in [0.1, 0.15) is 5.82 Å². The van der Waals surface area contributed by atoms with Crippen LogP contribution in [0.15, 0.2) is 47.5 Å². The summed E-state index contributed by atoms with van der Waals surface area (Å²) in [6, 6.07) is 7.74. The van der Waals surface area contributed by atoms with Crippen LogP contribution in [-0.4, -0.2) is 28.6 Å². The van der Waals surface area contributed by atoms with Gasteiger partial charge >= 0.3 is 0 Å². The second-order valence-corrected chi connectivity index (χ2v) is 7.11. The third-order valence-corrected chi connectivity index (χ3v) is 5.09. The van der Waals surface area contributed by atoms with E-state index in [2.05, 4.69) is 4.99 Å². The zero-order chi connectivity index (χ0) is 21.7. The average Bonchev–Trinajstić information content (AvgIpc) is 3.04. The molecule has 10 heteroatoms. The molecule has 0 bridgehead atoms. The number of benzene rings is 2. The molecule has 3 aromatic rings. The number of carbonyl (C=O) groups is 1. The van der Waals surface area contributed by atoms with E-state index in [0.717, 1.165) is 23.5 Å². The summed E-state index contributed by atoms with van der Waals surface area (Å²) in [4.78, 5) is 26.8. The van der Waals surface area contributed by atoms with Crippen molar-refractivity contribution in [3.05, 3.63) is 74.6 Å². The van der Waals surface area contributed by atoms with Crippen LogP contribution in [-0.2, 0) is 16.1 Å². The molecular formula is C20H17F2N3O4S. The van der Waals surface area contributed by atoms with Crippen molar-refractivity contribution in [2.45, 2.75) is 13.5 Å². The Hall–Kier alpha value is -3.24. The summed E-state index contributed by atoms with van der Waals surface area (Å²) in [6.45, 7) is 2.79. The standard InChI is InChI=1S/C20H17F2N3O4S/c1-2-29-9-8-24-19-16(22)11-14(21)12-17(19)30-20(24)23-18(26)7-6-13-4-3-5-15(10-13)25(27)28/h3-7,10-12H,2,8-9H2,1H3. The first-order valence-electron chi connectivity index (χ1n) is 8.96. The van der Waals surface area contributed by atoms with Crippen LogP contribution in [0.3, 0.4) is 0 Å². The van der Waals surface area contributed by atoms with Crippen LogP contribution in [0.5, 0.6) is 0 Å². The number of fused-ring (bicyclic) bond motifs is 1. The molecule has 7 nitrogen and oxygen atoms in total. The van der Waals surface area contributed by atoms with E-state index in [1.807, 2.05) is 6.92 Å². The minimum Gasteiger partial charge on any atom is -0.380 e. The number of carbonyl (C=O) groups excluding carboxylic acids is 1. The third-order valence-electron chi connectivity index (χ3n) is 4.06. The maximum absolute atomic E-state index is 14.3. The van der Waals surface area contributed by atoms with Crippen LogP contribution in [0, 0.1) is 21.7 Å². The molecule has 1 aromatic heterocycles. The quantitative estimate of drug-likeness (QED) is 0.243. The smallest absolute Gasteiger partial charge is 0.272 e. The van der Waals surface area contributed by atoms with Gasteiger partial charge in [-0.2, -0.15) is 4.99 Å². The van der Waals surface area contributed by atoms with Gasteiger partial charge in [0.25, 0.3) is 11.6 Å². The number of nitro benzene ring substituents is 1. The van der Waals surface area contributed by atoms with Crippen molar-refractivity contribution >= 4 is 39.2 Å². The Kier molecular flexibility index (Phi) is 6.80. The highest BCUT2D eigenvalue weighted by Gasteiger charge is 2.13. The first kappa shape index (κ1) is 21.5. The van der Waals surface area contributed by atoms with Gasteiger partial charge in [-0.15, -0.1) is 0 Å². The number of rotatable bonds is 7. The van der Waals surface area contributed by atoms with Crippen LogP contribution in [0.25, 0.3) is 16.3 Å². The third kappa shape index (κ3) is 5.02. The highest BCUT2D eigenvalue weighted by molar-refractivity contribution is 7.16. The van der Waals surface area contributed by atoms with Gasteiger partial charge < -0.3 is 9.30 Å². The predicted molar refractivity (Wildman–Crippen MR) is 109 cm³/mol. The van der Waals surface area contributed by atoms with Crippen molar-refractivity contribution in [2.24, 2.45) is 4.99 Å². The van der Waals surface area contributed by atoms with Gasteiger partial charge in [0.15, 0.2) is 10.6 Å². The summed E-state index contributed by atoms with van der Waals surface area (Å²) in [5.74, 6) is -2.11. The topological polar surface area (TPSA) is 86.7 Å². The van der Waals surface area contributed by atoms with E-state index in [1.165, 1.54) is 34.9 Å². The summed E-state index contributed by atoms with van der Waals surface area (Å²) in [7, 11) is 0. The molecule has 0 aliphatic rings. The molecule has 0 saturated heterocycles. The molecule has 30 heavy (non-hydrogen) atoms. The Bertz CT molecular complexity index is 1200. The van der Waals surface area contributed by atoms with E-state index in [0.29, 0.717) is 16.9 Å². The van der Waals surface area contributed by atoms with E-state index in [1.54, 1.807) is 6.07 Å². The zero-order valence-electron chi connectivity index (χ0n) is 15.9. The Morgan fingerprint density at radius 1 is 1.33 bits per heavy atom. The molecule has 0 spiro atoms. The first-order chi connectivity index (χ1) is 14.4. The fourth-order valence-corrected chi connectivity index (χ4v) is 3.86. The number of thiazole rings is 1. The molecule has 2 aromatic carbocycles. The first-order valence-corrected chi connectivity index (χ1v) is 9.78. The molecule has 0 atom stereocenters. The van der Waals surface area contributed by atoms with Gasteiger partial charge in [0.2, 0.25) is 0 Å². The van der Waals surface area contributed by atoms with E-state index in [-0.39, 0.29) is 29.2 Å². The summed E-state index contributed by atoms with van der Waals surface area (Å²) < 4.78 is 35.0. The Morgan fingerprint density at radius 3 is 2.87 bits per heavy atom. The summed E-state index contributed by atoms with van der Waals surface area (Å²) >= 11 is 0.983. The van der Waals surface area contributed by atoms with Crippen molar-refractivity contribution in [1.29, 1.82) is 0 Å². The molecule has 1 amide bonds. The van der Waals surface area contributed by atoms with Crippen LogP contribution in [0.2, 0.25) is 0 Å². The lowest BCUT2D eigenvalue weighted by Crippen LogP contribution is -2.19. The average molecular weight is 433 g/mol. The van der Waals surface area contributed by atoms with E-state index < -0.39 is 22.5 Å². The fourth-order valence-electron chi connectivity index (χ4n) is 2.76. The van der Waals surface area contributed by atoms with Gasteiger partial charge in [0.05, 0.1) is 21.7 Å². The monoisotopic (exact) mass is 433 g/mol. The van der Waals surface area contributed by atoms with Crippen LogP contribution in [0.4, 0.5) is 14.5 Å². The minimum absolute atomic E-state index is 0.0997. The molecule has 156 valence electrons. The van der Waals surface area contributed by atoms with Gasteiger partial charge in [-0.25, -0.2) is 8.78 Å². The number of amides is 1. The van der Waals surface area contributed by atoms with Crippen molar-refractivity contribution in [1.82, 2.24) is 4.57 Å². The van der Waals surface area contributed by atoms with Crippen molar-refractivity contribution in [3.63, 3.8) is 0 Å². The number of hydrogen-bond donors (Lipinski definition) is 0. The number of nitro groups is 1. The van der Waals surface area contributed by atoms with Gasteiger partial charge in [0, 0.05) is 37.4 Å². The van der Waals surface area contributed by atoms with Crippen molar-refractivity contribution < 1.29 is 23.2 Å². The number of halogens is 2. The minimum atomic E-state index is -0.751. The molecule has 1 heterocycles. The number of nitrogens with zero attached hydrogens (tertiary/aromatic N) is 3. The molecule has 0 aliphatic carbocycles. The maximum atomic E-state index is 14.3. The molecule has 0 fully saturated rings. The number of hydrogen-bond acceptors (Lipinski definition) is 5. The lowest BCUT2D eigenvalue weighted by atomic mass is 10.2. The van der Waals surface area contributed by atoms with Crippen LogP contribution < -0.4 is 4.80 Å². The van der Waals surface area contributed by atoms with Gasteiger partial charge in [-0.3, -0.25) is 14.9 Å². The number of ether oxygens (including phenoxy) is 1. The zero-order valence-corrected chi connectivity index (χ0v) is 16.7. The van der Waals surface area contributed by atoms with Gasteiger partial charge in [-0.05, 0) is 24.6 Å². The molecular weight excluding hydrogens is 416 g/mol. The predicted octanol–water partition coefficient (Wildman–Crippen LogP) is 4.07. The SMILES string of the molecule is CCOCCn1c(=NC(=O)C=Cc2cccc([N+](=O)[O-])c2)sc2cc(F)cc(F)c21. The highest BCUT2D eigenvalue weighted by Crippen LogP contribution is 2.22. The summed E-state index contributed by atoms with van der Waals surface area (Å²) in [5.41, 5.74) is 0.508.